The molecule has 0 bridgehead atoms. The lowest BCUT2D eigenvalue weighted by molar-refractivity contribution is -0.126. The van der Waals surface area contributed by atoms with E-state index in [0.29, 0.717) is 11.7 Å². The molecule has 2 aliphatic rings. The van der Waals surface area contributed by atoms with Crippen LogP contribution in [0.5, 0.6) is 0 Å². The van der Waals surface area contributed by atoms with Gasteiger partial charge in [-0.1, -0.05) is 59.8 Å². The quantitative estimate of drug-likeness (QED) is 0.455. The number of pyridine rings is 1. The van der Waals surface area contributed by atoms with Gasteiger partial charge in [-0.15, -0.1) is 0 Å². The van der Waals surface area contributed by atoms with Crippen LogP contribution in [0.25, 0.3) is 22.8 Å². The molecule has 4 aromatic rings. The molecule has 1 aliphatic heterocycles. The number of amides is 1. The molecule has 1 N–H and O–H groups in total. The van der Waals surface area contributed by atoms with Gasteiger partial charge in [0, 0.05) is 30.8 Å². The Hall–Kier alpha value is -4.00. The Morgan fingerprint density at radius 2 is 1.74 bits per heavy atom. The van der Waals surface area contributed by atoms with Crippen molar-refractivity contribution in [3.8, 4) is 22.8 Å². The van der Waals surface area contributed by atoms with E-state index in [1.54, 1.807) is 6.20 Å². The van der Waals surface area contributed by atoms with Crippen LogP contribution < -0.4 is 10.2 Å². The van der Waals surface area contributed by atoms with Gasteiger partial charge in [0.2, 0.25) is 11.7 Å². The van der Waals surface area contributed by atoms with Crippen LogP contribution in [-0.2, 0) is 11.2 Å². The Bertz CT molecular complexity index is 1330. The minimum Gasteiger partial charge on any atom is -0.356 e. The summed E-state index contributed by atoms with van der Waals surface area (Å²) >= 11 is 0. The van der Waals surface area contributed by atoms with E-state index in [0.717, 1.165) is 55.7 Å². The van der Waals surface area contributed by atoms with Crippen molar-refractivity contribution in [3.63, 3.8) is 0 Å². The van der Waals surface area contributed by atoms with Crippen molar-refractivity contribution in [2.75, 3.05) is 18.0 Å². The Labute approximate surface area is 204 Å². The Kier molecular flexibility index (Phi) is 5.74. The molecule has 7 nitrogen and oxygen atoms in total. The van der Waals surface area contributed by atoms with Crippen molar-refractivity contribution < 1.29 is 9.32 Å². The number of nitrogens with one attached hydrogen (secondary N) is 1. The summed E-state index contributed by atoms with van der Waals surface area (Å²) in [6, 6.07) is 22.2. The van der Waals surface area contributed by atoms with E-state index in [4.69, 9.17) is 4.52 Å². The highest BCUT2D eigenvalue weighted by molar-refractivity contribution is 5.80. The number of rotatable bonds is 5. The van der Waals surface area contributed by atoms with Gasteiger partial charge in [0.1, 0.15) is 5.82 Å². The maximum absolute atomic E-state index is 13.1. The smallest absolute Gasteiger partial charge is 0.261 e. The number of benzene rings is 2. The van der Waals surface area contributed by atoms with Crippen LogP contribution in [0.1, 0.15) is 36.4 Å². The number of aryl methyl sites for hydroxylation is 1. The lowest BCUT2D eigenvalue weighted by Crippen LogP contribution is -2.41. The molecule has 1 fully saturated rings. The molecular formula is C28H27N5O2. The molecule has 6 rings (SSSR count). The second-order valence-corrected chi connectivity index (χ2v) is 9.22. The first-order valence-corrected chi connectivity index (χ1v) is 12.2. The van der Waals surface area contributed by atoms with E-state index in [-0.39, 0.29) is 17.9 Å². The molecule has 0 saturated carbocycles. The van der Waals surface area contributed by atoms with E-state index < -0.39 is 0 Å². The van der Waals surface area contributed by atoms with Crippen molar-refractivity contribution in [1.29, 1.82) is 0 Å². The predicted octanol–water partition coefficient (Wildman–Crippen LogP) is 4.82. The summed E-state index contributed by atoms with van der Waals surface area (Å²) in [6.45, 7) is 1.51. The molecule has 0 spiro atoms. The molecule has 176 valence electrons. The van der Waals surface area contributed by atoms with E-state index in [1.807, 2.05) is 42.5 Å². The Morgan fingerprint density at radius 1 is 0.943 bits per heavy atom. The summed E-state index contributed by atoms with van der Waals surface area (Å²) in [5.41, 5.74) is 4.34. The molecule has 7 heteroatoms. The zero-order valence-electron chi connectivity index (χ0n) is 19.4. The summed E-state index contributed by atoms with van der Waals surface area (Å²) in [4.78, 5) is 24.5. The summed E-state index contributed by atoms with van der Waals surface area (Å²) in [7, 11) is 0. The first-order valence-electron chi connectivity index (χ1n) is 12.2. The average Bonchev–Trinajstić information content (AvgIpc) is 3.57. The predicted molar refractivity (Wildman–Crippen MR) is 134 cm³/mol. The van der Waals surface area contributed by atoms with Crippen LogP contribution in [-0.4, -0.2) is 34.1 Å². The van der Waals surface area contributed by atoms with Gasteiger partial charge in [0.05, 0.1) is 11.6 Å². The third-order valence-corrected chi connectivity index (χ3v) is 7.09. The largest absolute Gasteiger partial charge is 0.356 e. The number of piperidine rings is 1. The van der Waals surface area contributed by atoms with Crippen LogP contribution in [0.2, 0.25) is 0 Å². The molecule has 1 aliphatic carbocycles. The van der Waals surface area contributed by atoms with Crippen molar-refractivity contribution in [3.05, 3.63) is 84.1 Å². The maximum atomic E-state index is 13.1. The first-order chi connectivity index (χ1) is 17.3. The summed E-state index contributed by atoms with van der Waals surface area (Å²) < 4.78 is 5.61. The van der Waals surface area contributed by atoms with Crippen LogP contribution in [0.15, 0.2) is 77.4 Å². The van der Waals surface area contributed by atoms with E-state index in [1.165, 1.54) is 11.1 Å². The number of anilines is 1. The second kappa shape index (κ2) is 9.33. The lowest BCUT2D eigenvalue weighted by Gasteiger charge is -2.33. The fourth-order valence-corrected chi connectivity index (χ4v) is 5.20. The van der Waals surface area contributed by atoms with Gasteiger partial charge in [-0.25, -0.2) is 4.98 Å². The van der Waals surface area contributed by atoms with Crippen molar-refractivity contribution in [2.45, 2.75) is 31.7 Å². The van der Waals surface area contributed by atoms with Crippen molar-refractivity contribution in [1.82, 2.24) is 20.4 Å². The highest BCUT2D eigenvalue weighted by atomic mass is 16.5. The molecule has 2 aromatic carbocycles. The molecule has 1 saturated heterocycles. The fraction of sp³-hybridized carbons (Fsp3) is 0.286. The van der Waals surface area contributed by atoms with Gasteiger partial charge in [0.25, 0.3) is 5.89 Å². The number of carbonyl (C=O) groups excluding carboxylic acids is 1. The average molecular weight is 466 g/mol. The number of hydrogen-bond acceptors (Lipinski definition) is 6. The Morgan fingerprint density at radius 3 is 2.60 bits per heavy atom. The van der Waals surface area contributed by atoms with Gasteiger partial charge in [-0.3, -0.25) is 4.79 Å². The minimum atomic E-state index is 0.0132. The monoisotopic (exact) mass is 465 g/mol. The zero-order chi connectivity index (χ0) is 23.6. The first kappa shape index (κ1) is 21.5. The lowest BCUT2D eigenvalue weighted by atomic mass is 9.95. The fourth-order valence-electron chi connectivity index (χ4n) is 5.20. The molecule has 0 unspecified atom stereocenters. The number of fused-ring (bicyclic) bond motifs is 1. The van der Waals surface area contributed by atoms with E-state index >= 15 is 0 Å². The number of nitrogens with zero attached hydrogens (tertiary/aromatic N) is 4. The SMILES string of the molecule is O=C(N[C@@H]1CCc2ccccc21)C1CCN(c2ncccc2-c2nc(-c3ccccc3)no2)CC1. The number of hydrogen-bond donors (Lipinski definition) is 1. The van der Waals surface area contributed by atoms with Gasteiger partial charge in [-0.05, 0) is 48.9 Å². The Balaban J connectivity index is 1.13. The highest BCUT2D eigenvalue weighted by Crippen LogP contribution is 2.34. The van der Waals surface area contributed by atoms with E-state index in [2.05, 4.69) is 49.6 Å². The van der Waals surface area contributed by atoms with Crippen LogP contribution in [0.3, 0.4) is 0 Å². The molecule has 35 heavy (non-hydrogen) atoms. The molecule has 2 aromatic heterocycles. The molecule has 0 radical (unpaired) electrons. The summed E-state index contributed by atoms with van der Waals surface area (Å²) in [5.74, 6) is 2.00. The van der Waals surface area contributed by atoms with Crippen LogP contribution in [0.4, 0.5) is 5.82 Å². The number of aromatic nitrogens is 3. The van der Waals surface area contributed by atoms with Gasteiger partial charge >= 0.3 is 0 Å². The van der Waals surface area contributed by atoms with Crippen molar-refractivity contribution in [2.24, 2.45) is 5.92 Å². The van der Waals surface area contributed by atoms with Gasteiger partial charge in [-0.2, -0.15) is 4.98 Å². The number of carbonyl (C=O) groups is 1. The van der Waals surface area contributed by atoms with Crippen LogP contribution >= 0.6 is 0 Å². The molecular weight excluding hydrogens is 438 g/mol. The molecule has 1 atom stereocenters. The second-order valence-electron chi connectivity index (χ2n) is 9.22. The maximum Gasteiger partial charge on any atom is 0.261 e. The summed E-state index contributed by atoms with van der Waals surface area (Å²) in [6.07, 6.45) is 5.37. The van der Waals surface area contributed by atoms with Crippen LogP contribution in [0, 0.1) is 5.92 Å². The third kappa shape index (κ3) is 4.30. The van der Waals surface area contributed by atoms with Crippen molar-refractivity contribution >= 4 is 11.7 Å². The zero-order valence-corrected chi connectivity index (χ0v) is 19.4. The highest BCUT2D eigenvalue weighted by Gasteiger charge is 2.30. The third-order valence-electron chi connectivity index (χ3n) is 7.09. The molecule has 1 amide bonds. The minimum absolute atomic E-state index is 0.0132. The summed E-state index contributed by atoms with van der Waals surface area (Å²) in [5, 5.41) is 7.47. The standard InChI is InChI=1S/C28H27N5O2/c34-27(30-24-13-12-19-7-4-5-10-22(19)24)21-14-17-33(18-15-21)26-23(11-6-16-29-26)28-31-25(32-35-28)20-8-2-1-3-9-20/h1-11,16,21,24H,12-15,17-18H2,(H,30,34)/t24-/m1/s1. The topological polar surface area (TPSA) is 84.2 Å². The van der Waals surface area contributed by atoms with E-state index in [9.17, 15) is 4.79 Å². The molecule has 3 heterocycles. The van der Waals surface area contributed by atoms with Gasteiger partial charge in [0.15, 0.2) is 0 Å². The van der Waals surface area contributed by atoms with Gasteiger partial charge < -0.3 is 14.7 Å². The normalized spacial score (nSPS) is 17.8.